The van der Waals surface area contributed by atoms with E-state index in [1.54, 1.807) is 24.1 Å². The first-order chi connectivity index (χ1) is 9.97. The maximum atomic E-state index is 12.8. The predicted molar refractivity (Wildman–Crippen MR) is 75.2 cm³/mol. The van der Waals surface area contributed by atoms with E-state index < -0.39 is 11.9 Å². The average molecular weight is 294 g/mol. The number of halogens is 1. The van der Waals surface area contributed by atoms with Crippen LogP contribution in [0.25, 0.3) is 0 Å². The first kappa shape index (κ1) is 15.3. The number of hydrogen-bond acceptors (Lipinski definition) is 2. The Kier molecular flexibility index (Phi) is 4.77. The SMILES string of the molecule is CN(Cc1ccc(F)cc1)C(=O)N1CCC[C@H](C(=O)O)C1. The Hall–Kier alpha value is -2.11. The van der Waals surface area contributed by atoms with Gasteiger partial charge in [-0.1, -0.05) is 12.1 Å². The summed E-state index contributed by atoms with van der Waals surface area (Å²) in [5.74, 6) is -1.65. The van der Waals surface area contributed by atoms with Gasteiger partial charge in [-0.2, -0.15) is 0 Å². The molecule has 1 saturated heterocycles. The predicted octanol–water partition coefficient (Wildman–Crippen LogP) is 2.17. The molecule has 1 heterocycles. The van der Waals surface area contributed by atoms with Crippen LogP contribution >= 0.6 is 0 Å². The number of amides is 2. The van der Waals surface area contributed by atoms with E-state index in [0.717, 1.165) is 5.56 Å². The summed E-state index contributed by atoms with van der Waals surface area (Å²) in [5, 5.41) is 9.05. The van der Waals surface area contributed by atoms with E-state index in [-0.39, 0.29) is 18.4 Å². The van der Waals surface area contributed by atoms with Crippen molar-refractivity contribution in [3.8, 4) is 0 Å². The summed E-state index contributed by atoms with van der Waals surface area (Å²) in [4.78, 5) is 26.5. The lowest BCUT2D eigenvalue weighted by Gasteiger charge is -2.33. The molecular formula is C15H19FN2O3. The number of rotatable bonds is 3. The molecule has 2 amide bonds. The zero-order valence-electron chi connectivity index (χ0n) is 12.0. The third-order valence-corrected chi connectivity index (χ3v) is 3.70. The Labute approximate surface area is 123 Å². The van der Waals surface area contributed by atoms with Gasteiger partial charge in [-0.15, -0.1) is 0 Å². The van der Waals surface area contributed by atoms with Crippen molar-refractivity contribution in [2.45, 2.75) is 19.4 Å². The van der Waals surface area contributed by atoms with Crippen molar-refractivity contribution in [3.05, 3.63) is 35.6 Å². The van der Waals surface area contributed by atoms with Gasteiger partial charge in [0.2, 0.25) is 0 Å². The molecule has 5 nitrogen and oxygen atoms in total. The van der Waals surface area contributed by atoms with Crippen molar-refractivity contribution in [3.63, 3.8) is 0 Å². The number of likely N-dealkylation sites (tertiary alicyclic amines) is 1. The lowest BCUT2D eigenvalue weighted by Crippen LogP contribution is -2.47. The fourth-order valence-electron chi connectivity index (χ4n) is 2.53. The number of nitrogens with zero attached hydrogens (tertiary/aromatic N) is 2. The summed E-state index contributed by atoms with van der Waals surface area (Å²) in [6.45, 7) is 1.20. The van der Waals surface area contributed by atoms with E-state index >= 15 is 0 Å². The molecule has 114 valence electrons. The van der Waals surface area contributed by atoms with Gasteiger partial charge in [-0.3, -0.25) is 4.79 Å². The molecular weight excluding hydrogens is 275 g/mol. The van der Waals surface area contributed by atoms with E-state index in [1.807, 2.05) is 0 Å². The van der Waals surface area contributed by atoms with Crippen molar-refractivity contribution < 1.29 is 19.1 Å². The van der Waals surface area contributed by atoms with Crippen LogP contribution in [0.5, 0.6) is 0 Å². The standard InChI is InChI=1S/C15H19FN2O3/c1-17(9-11-4-6-13(16)7-5-11)15(21)18-8-2-3-12(10-18)14(19)20/h4-7,12H,2-3,8-10H2,1H3,(H,19,20)/t12-/m0/s1. The number of carboxylic acids is 1. The Morgan fingerprint density at radius 3 is 2.67 bits per heavy atom. The molecule has 1 aromatic carbocycles. The van der Waals surface area contributed by atoms with Gasteiger partial charge in [0.1, 0.15) is 5.82 Å². The fourth-order valence-corrected chi connectivity index (χ4v) is 2.53. The zero-order chi connectivity index (χ0) is 15.4. The van der Waals surface area contributed by atoms with E-state index in [9.17, 15) is 14.0 Å². The van der Waals surface area contributed by atoms with Crippen LogP contribution in [0.2, 0.25) is 0 Å². The average Bonchev–Trinajstić information content (AvgIpc) is 2.49. The van der Waals surface area contributed by atoms with Gasteiger partial charge < -0.3 is 14.9 Å². The molecule has 1 aliphatic rings. The van der Waals surface area contributed by atoms with Gasteiger partial charge in [0.15, 0.2) is 0 Å². The highest BCUT2D eigenvalue weighted by atomic mass is 19.1. The molecule has 21 heavy (non-hydrogen) atoms. The number of benzene rings is 1. The molecule has 1 aliphatic heterocycles. The molecule has 0 unspecified atom stereocenters. The number of piperidine rings is 1. The number of carbonyl (C=O) groups excluding carboxylic acids is 1. The number of carbonyl (C=O) groups is 2. The van der Waals surface area contributed by atoms with Crippen LogP contribution in [0, 0.1) is 11.7 Å². The van der Waals surface area contributed by atoms with Gasteiger partial charge in [0, 0.05) is 26.7 Å². The van der Waals surface area contributed by atoms with E-state index in [2.05, 4.69) is 0 Å². The van der Waals surface area contributed by atoms with Gasteiger partial charge in [0.25, 0.3) is 0 Å². The third-order valence-electron chi connectivity index (χ3n) is 3.70. The summed E-state index contributed by atoms with van der Waals surface area (Å²) in [6.07, 6.45) is 1.31. The molecule has 1 atom stereocenters. The van der Waals surface area contributed by atoms with Crippen molar-refractivity contribution in [2.24, 2.45) is 5.92 Å². The molecule has 0 saturated carbocycles. The summed E-state index contributed by atoms with van der Waals surface area (Å²) in [6, 6.07) is 5.79. The van der Waals surface area contributed by atoms with Gasteiger partial charge in [0.05, 0.1) is 5.92 Å². The van der Waals surface area contributed by atoms with Gasteiger partial charge in [-0.05, 0) is 30.5 Å². The number of urea groups is 1. The smallest absolute Gasteiger partial charge is 0.320 e. The minimum atomic E-state index is -0.853. The van der Waals surface area contributed by atoms with Crippen LogP contribution in [0.4, 0.5) is 9.18 Å². The monoisotopic (exact) mass is 294 g/mol. The maximum Gasteiger partial charge on any atom is 0.320 e. The summed E-state index contributed by atoms with van der Waals surface area (Å²) >= 11 is 0. The third kappa shape index (κ3) is 3.93. The molecule has 1 N–H and O–H groups in total. The van der Waals surface area contributed by atoms with Crippen LogP contribution in [0.15, 0.2) is 24.3 Å². The van der Waals surface area contributed by atoms with Gasteiger partial charge >= 0.3 is 12.0 Å². The normalized spacial score (nSPS) is 18.4. The minimum absolute atomic E-state index is 0.190. The lowest BCUT2D eigenvalue weighted by molar-refractivity contribution is -0.143. The number of carboxylic acid groups (broad SMARTS) is 1. The lowest BCUT2D eigenvalue weighted by atomic mass is 9.99. The van der Waals surface area contributed by atoms with Crippen LogP contribution < -0.4 is 0 Å². The van der Waals surface area contributed by atoms with Crippen LogP contribution in [-0.2, 0) is 11.3 Å². The summed E-state index contributed by atoms with van der Waals surface area (Å²) in [5.41, 5.74) is 0.832. The number of aliphatic carboxylic acids is 1. The Balaban J connectivity index is 1.95. The Bertz CT molecular complexity index is 518. The molecule has 6 heteroatoms. The van der Waals surface area contributed by atoms with E-state index in [0.29, 0.717) is 25.9 Å². The molecule has 0 radical (unpaired) electrons. The van der Waals surface area contributed by atoms with Crippen molar-refractivity contribution in [2.75, 3.05) is 20.1 Å². The first-order valence-electron chi connectivity index (χ1n) is 6.94. The van der Waals surface area contributed by atoms with E-state index in [1.165, 1.54) is 17.0 Å². The minimum Gasteiger partial charge on any atom is -0.481 e. The quantitative estimate of drug-likeness (QED) is 0.929. The molecule has 0 aliphatic carbocycles. The van der Waals surface area contributed by atoms with Crippen molar-refractivity contribution >= 4 is 12.0 Å². The Morgan fingerprint density at radius 2 is 2.05 bits per heavy atom. The molecule has 0 bridgehead atoms. The molecule has 2 rings (SSSR count). The van der Waals surface area contributed by atoms with Crippen molar-refractivity contribution in [1.82, 2.24) is 9.80 Å². The Morgan fingerprint density at radius 1 is 1.38 bits per heavy atom. The summed E-state index contributed by atoms with van der Waals surface area (Å²) < 4.78 is 12.8. The summed E-state index contributed by atoms with van der Waals surface area (Å²) in [7, 11) is 1.66. The highest BCUT2D eigenvalue weighted by molar-refractivity contribution is 5.76. The number of hydrogen-bond donors (Lipinski definition) is 1. The van der Waals surface area contributed by atoms with Crippen LogP contribution in [-0.4, -0.2) is 47.0 Å². The second-order valence-corrected chi connectivity index (χ2v) is 5.39. The molecule has 0 aromatic heterocycles. The second-order valence-electron chi connectivity index (χ2n) is 5.39. The van der Waals surface area contributed by atoms with E-state index in [4.69, 9.17) is 5.11 Å². The largest absolute Gasteiger partial charge is 0.481 e. The maximum absolute atomic E-state index is 12.8. The van der Waals surface area contributed by atoms with Crippen LogP contribution in [0.1, 0.15) is 18.4 Å². The topological polar surface area (TPSA) is 60.9 Å². The highest BCUT2D eigenvalue weighted by Crippen LogP contribution is 2.18. The zero-order valence-corrected chi connectivity index (χ0v) is 12.0. The molecule has 1 aromatic rings. The van der Waals surface area contributed by atoms with Crippen LogP contribution in [0.3, 0.4) is 0 Å². The second kappa shape index (κ2) is 6.56. The highest BCUT2D eigenvalue weighted by Gasteiger charge is 2.29. The van der Waals surface area contributed by atoms with Crippen molar-refractivity contribution in [1.29, 1.82) is 0 Å². The van der Waals surface area contributed by atoms with Gasteiger partial charge in [-0.25, -0.2) is 9.18 Å². The molecule has 1 fully saturated rings. The first-order valence-corrected chi connectivity index (χ1v) is 6.94. The molecule has 0 spiro atoms. The fraction of sp³-hybridized carbons (Fsp3) is 0.467.